The van der Waals surface area contributed by atoms with Crippen molar-refractivity contribution in [3.05, 3.63) is 24.3 Å². The number of likely N-dealkylation sites (N-methyl/N-ethyl adjacent to an activating group) is 1. The second-order valence-electron chi connectivity index (χ2n) is 4.76. The molecule has 0 radical (unpaired) electrons. The molecule has 1 rings (SSSR count). The Kier molecular flexibility index (Phi) is 7.04. The van der Waals surface area contributed by atoms with Crippen LogP contribution in [-0.2, 0) is 9.53 Å². The molecule has 0 aromatic heterocycles. The highest BCUT2D eigenvalue weighted by atomic mass is 16.5. The summed E-state index contributed by atoms with van der Waals surface area (Å²) in [5.41, 5.74) is 1.77. The van der Waals surface area contributed by atoms with Crippen molar-refractivity contribution in [1.29, 1.82) is 0 Å². The van der Waals surface area contributed by atoms with Crippen LogP contribution in [0.4, 0.5) is 11.4 Å². The van der Waals surface area contributed by atoms with E-state index in [1.807, 2.05) is 45.0 Å². The summed E-state index contributed by atoms with van der Waals surface area (Å²) in [6.45, 7) is 7.43. The maximum atomic E-state index is 11.6. The zero-order valence-electron chi connectivity index (χ0n) is 12.4. The zero-order valence-corrected chi connectivity index (χ0v) is 12.4. The number of benzene rings is 1. The molecule has 0 saturated heterocycles. The van der Waals surface area contributed by atoms with Crippen LogP contribution in [0.3, 0.4) is 0 Å². The Labute approximate surface area is 120 Å². The van der Waals surface area contributed by atoms with Crippen LogP contribution >= 0.6 is 0 Å². The second-order valence-corrected chi connectivity index (χ2v) is 4.76. The topological polar surface area (TPSA) is 61.8 Å². The molecule has 0 unspecified atom stereocenters. The summed E-state index contributed by atoms with van der Waals surface area (Å²) in [6.07, 6.45) is 0.0414. The first-order valence-corrected chi connectivity index (χ1v) is 6.94. The summed E-state index contributed by atoms with van der Waals surface area (Å²) in [7, 11) is 0. The van der Waals surface area contributed by atoms with Crippen molar-refractivity contribution in [2.24, 2.45) is 0 Å². The van der Waals surface area contributed by atoms with Gasteiger partial charge in [0.2, 0.25) is 5.91 Å². The van der Waals surface area contributed by atoms with Crippen LogP contribution in [-0.4, -0.2) is 43.4 Å². The highest BCUT2D eigenvalue weighted by Crippen LogP contribution is 2.17. The Morgan fingerprint density at radius 1 is 1.35 bits per heavy atom. The van der Waals surface area contributed by atoms with Gasteiger partial charge in [0.1, 0.15) is 6.61 Å². The van der Waals surface area contributed by atoms with E-state index >= 15 is 0 Å². The lowest BCUT2D eigenvalue weighted by molar-refractivity contribution is -0.121. The molecule has 112 valence electrons. The molecule has 2 N–H and O–H groups in total. The first-order chi connectivity index (χ1) is 9.56. The minimum atomic E-state index is -0.158. The van der Waals surface area contributed by atoms with Gasteiger partial charge in [-0.15, -0.1) is 0 Å². The molecule has 0 aliphatic heterocycles. The number of aliphatic hydroxyl groups is 1. The van der Waals surface area contributed by atoms with E-state index in [0.717, 1.165) is 17.9 Å². The number of nitrogens with one attached hydrogen (secondary N) is 1. The van der Waals surface area contributed by atoms with Gasteiger partial charge in [-0.25, -0.2) is 0 Å². The molecule has 5 nitrogen and oxygen atoms in total. The standard InChI is InChI=1S/C15H24N2O3/c1-4-17(9-10-18)14-7-5-13(6-8-14)16-15(19)11-20-12(2)3/h5-8,12,18H,4,9-11H2,1-3H3,(H,16,19). The Bertz CT molecular complexity index is 404. The number of carbonyl (C=O) groups excluding carboxylic acids is 1. The SMILES string of the molecule is CCN(CCO)c1ccc(NC(=O)COC(C)C)cc1. The molecule has 0 aliphatic carbocycles. The molecule has 20 heavy (non-hydrogen) atoms. The molecular weight excluding hydrogens is 256 g/mol. The molecule has 1 aromatic rings. The minimum Gasteiger partial charge on any atom is -0.395 e. The summed E-state index contributed by atoms with van der Waals surface area (Å²) in [5, 5.41) is 11.8. The summed E-state index contributed by atoms with van der Waals surface area (Å²) in [6, 6.07) is 7.56. The van der Waals surface area contributed by atoms with Gasteiger partial charge in [0.05, 0.1) is 12.7 Å². The van der Waals surface area contributed by atoms with Crippen molar-refractivity contribution < 1.29 is 14.6 Å². The van der Waals surface area contributed by atoms with Crippen molar-refractivity contribution in [3.8, 4) is 0 Å². The van der Waals surface area contributed by atoms with Gasteiger partial charge in [0.15, 0.2) is 0 Å². The predicted molar refractivity (Wildman–Crippen MR) is 81.1 cm³/mol. The van der Waals surface area contributed by atoms with Crippen molar-refractivity contribution in [2.75, 3.05) is 36.5 Å². The highest BCUT2D eigenvalue weighted by molar-refractivity contribution is 5.91. The number of anilines is 2. The Hall–Kier alpha value is -1.59. The van der Waals surface area contributed by atoms with Crippen molar-refractivity contribution in [1.82, 2.24) is 0 Å². The average Bonchev–Trinajstić information content (AvgIpc) is 2.43. The van der Waals surface area contributed by atoms with Gasteiger partial charge in [0.25, 0.3) is 0 Å². The monoisotopic (exact) mass is 280 g/mol. The number of ether oxygens (including phenoxy) is 1. The lowest BCUT2D eigenvalue weighted by Gasteiger charge is -2.22. The fourth-order valence-corrected chi connectivity index (χ4v) is 1.79. The van der Waals surface area contributed by atoms with E-state index in [2.05, 4.69) is 10.2 Å². The van der Waals surface area contributed by atoms with Crippen LogP contribution < -0.4 is 10.2 Å². The Balaban J connectivity index is 2.55. The van der Waals surface area contributed by atoms with E-state index in [0.29, 0.717) is 6.54 Å². The molecule has 0 atom stereocenters. The van der Waals surface area contributed by atoms with E-state index in [9.17, 15) is 4.79 Å². The van der Waals surface area contributed by atoms with E-state index < -0.39 is 0 Å². The van der Waals surface area contributed by atoms with Crippen LogP contribution in [0.1, 0.15) is 20.8 Å². The normalized spacial score (nSPS) is 10.7. The Morgan fingerprint density at radius 2 is 2.00 bits per heavy atom. The summed E-state index contributed by atoms with van der Waals surface area (Å²) < 4.78 is 5.24. The number of nitrogens with zero attached hydrogens (tertiary/aromatic N) is 1. The molecule has 0 saturated carbocycles. The minimum absolute atomic E-state index is 0.0414. The molecule has 0 bridgehead atoms. The van der Waals surface area contributed by atoms with Gasteiger partial charge < -0.3 is 20.1 Å². The van der Waals surface area contributed by atoms with Gasteiger partial charge in [-0.2, -0.15) is 0 Å². The first kappa shape index (κ1) is 16.5. The highest BCUT2D eigenvalue weighted by Gasteiger charge is 2.06. The third kappa shape index (κ3) is 5.59. The number of hydrogen-bond acceptors (Lipinski definition) is 4. The van der Waals surface area contributed by atoms with Crippen LogP contribution in [0.2, 0.25) is 0 Å². The predicted octanol–water partition coefficient (Wildman–Crippen LogP) is 1.87. The van der Waals surface area contributed by atoms with Crippen LogP contribution in [0, 0.1) is 0 Å². The maximum Gasteiger partial charge on any atom is 0.250 e. The third-order valence-corrected chi connectivity index (χ3v) is 2.82. The number of amides is 1. The lowest BCUT2D eigenvalue weighted by Crippen LogP contribution is -2.26. The van der Waals surface area contributed by atoms with E-state index in [1.165, 1.54) is 0 Å². The van der Waals surface area contributed by atoms with Crippen molar-refractivity contribution >= 4 is 17.3 Å². The van der Waals surface area contributed by atoms with Gasteiger partial charge >= 0.3 is 0 Å². The number of hydrogen-bond donors (Lipinski definition) is 2. The van der Waals surface area contributed by atoms with E-state index in [4.69, 9.17) is 9.84 Å². The quantitative estimate of drug-likeness (QED) is 0.763. The number of aliphatic hydroxyl groups excluding tert-OH is 1. The van der Waals surface area contributed by atoms with Crippen LogP contribution in [0.25, 0.3) is 0 Å². The van der Waals surface area contributed by atoms with Crippen LogP contribution in [0.15, 0.2) is 24.3 Å². The molecular formula is C15H24N2O3. The van der Waals surface area contributed by atoms with Gasteiger partial charge in [-0.3, -0.25) is 4.79 Å². The second kappa shape index (κ2) is 8.55. The smallest absolute Gasteiger partial charge is 0.250 e. The molecule has 0 aliphatic rings. The van der Waals surface area contributed by atoms with Crippen molar-refractivity contribution in [2.45, 2.75) is 26.9 Å². The van der Waals surface area contributed by atoms with E-state index in [-0.39, 0.29) is 25.2 Å². The fraction of sp³-hybridized carbons (Fsp3) is 0.533. The lowest BCUT2D eigenvalue weighted by atomic mass is 10.2. The summed E-state index contributed by atoms with van der Waals surface area (Å²) in [4.78, 5) is 13.7. The summed E-state index contributed by atoms with van der Waals surface area (Å²) >= 11 is 0. The number of carbonyl (C=O) groups is 1. The fourth-order valence-electron chi connectivity index (χ4n) is 1.79. The zero-order chi connectivity index (χ0) is 15.0. The van der Waals surface area contributed by atoms with Crippen molar-refractivity contribution in [3.63, 3.8) is 0 Å². The molecule has 5 heteroatoms. The Morgan fingerprint density at radius 3 is 2.50 bits per heavy atom. The van der Waals surface area contributed by atoms with Gasteiger partial charge in [-0.05, 0) is 45.0 Å². The largest absolute Gasteiger partial charge is 0.395 e. The maximum absolute atomic E-state index is 11.6. The summed E-state index contributed by atoms with van der Waals surface area (Å²) in [5.74, 6) is -0.158. The molecule has 0 fully saturated rings. The number of rotatable bonds is 8. The first-order valence-electron chi connectivity index (χ1n) is 6.94. The van der Waals surface area contributed by atoms with Gasteiger partial charge in [-0.1, -0.05) is 0 Å². The van der Waals surface area contributed by atoms with Gasteiger partial charge in [0, 0.05) is 24.5 Å². The molecule has 1 aromatic carbocycles. The third-order valence-electron chi connectivity index (χ3n) is 2.82. The molecule has 0 heterocycles. The average molecular weight is 280 g/mol. The molecule has 0 spiro atoms. The molecule has 1 amide bonds. The van der Waals surface area contributed by atoms with E-state index in [1.54, 1.807) is 0 Å². The van der Waals surface area contributed by atoms with Crippen LogP contribution in [0.5, 0.6) is 0 Å².